The molecule has 2 unspecified atom stereocenters. The number of aliphatic hydroxyl groups excluding tert-OH is 1. The number of hydrogen-bond acceptors (Lipinski definition) is 6. The third-order valence-corrected chi connectivity index (χ3v) is 5.63. The maximum atomic E-state index is 10.5. The summed E-state index contributed by atoms with van der Waals surface area (Å²) in [6, 6.07) is 3.98. The normalized spacial score (nSPS) is 23.7. The SMILES string of the molecule is OC(CC1CCCCCN1c1nc(C2CC2)ns1)c1ccco1. The highest BCUT2D eigenvalue weighted by molar-refractivity contribution is 7.09. The number of aliphatic hydroxyl groups is 1. The van der Waals surface area contributed by atoms with Crippen LogP contribution in [0, 0.1) is 0 Å². The molecule has 0 amide bonds. The summed E-state index contributed by atoms with van der Waals surface area (Å²) in [6.07, 6.45) is 8.96. The Balaban J connectivity index is 1.51. The predicted octanol–water partition coefficient (Wildman–Crippen LogP) is 3.88. The molecule has 6 heteroatoms. The van der Waals surface area contributed by atoms with Crippen LogP contribution in [0.25, 0.3) is 0 Å². The Morgan fingerprint density at radius 3 is 3.00 bits per heavy atom. The van der Waals surface area contributed by atoms with Crippen molar-refractivity contribution < 1.29 is 9.52 Å². The molecule has 23 heavy (non-hydrogen) atoms. The van der Waals surface area contributed by atoms with Crippen molar-refractivity contribution in [1.82, 2.24) is 9.36 Å². The molecule has 1 N–H and O–H groups in total. The molecule has 1 saturated carbocycles. The second-order valence-corrected chi connectivity index (χ2v) is 7.40. The van der Waals surface area contributed by atoms with Crippen LogP contribution in [0.3, 0.4) is 0 Å². The van der Waals surface area contributed by atoms with Gasteiger partial charge in [0.1, 0.15) is 17.7 Å². The number of furan rings is 1. The highest BCUT2D eigenvalue weighted by Gasteiger charge is 2.31. The second kappa shape index (κ2) is 6.61. The molecule has 2 aromatic rings. The van der Waals surface area contributed by atoms with E-state index in [2.05, 4.69) is 9.27 Å². The summed E-state index contributed by atoms with van der Waals surface area (Å²) in [5, 5.41) is 11.5. The van der Waals surface area contributed by atoms with Crippen molar-refractivity contribution in [3.05, 3.63) is 30.0 Å². The summed E-state index contributed by atoms with van der Waals surface area (Å²) in [4.78, 5) is 7.16. The molecule has 124 valence electrons. The molecule has 5 nitrogen and oxygen atoms in total. The molecule has 2 aromatic heterocycles. The second-order valence-electron chi connectivity index (χ2n) is 6.67. The molecule has 0 bridgehead atoms. The summed E-state index contributed by atoms with van der Waals surface area (Å²) < 4.78 is 9.91. The molecule has 4 rings (SSSR count). The van der Waals surface area contributed by atoms with Crippen LogP contribution in [0.2, 0.25) is 0 Å². The lowest BCUT2D eigenvalue weighted by Crippen LogP contribution is -2.36. The highest BCUT2D eigenvalue weighted by atomic mass is 32.1. The Labute approximate surface area is 140 Å². The lowest BCUT2D eigenvalue weighted by molar-refractivity contribution is 0.129. The van der Waals surface area contributed by atoms with Crippen LogP contribution in [-0.2, 0) is 0 Å². The maximum Gasteiger partial charge on any atom is 0.205 e. The van der Waals surface area contributed by atoms with E-state index < -0.39 is 6.10 Å². The van der Waals surface area contributed by atoms with Gasteiger partial charge in [-0.15, -0.1) is 0 Å². The molecule has 1 aliphatic carbocycles. The van der Waals surface area contributed by atoms with E-state index in [9.17, 15) is 5.11 Å². The summed E-state index contributed by atoms with van der Waals surface area (Å²) in [5.41, 5.74) is 0. The van der Waals surface area contributed by atoms with E-state index in [1.165, 1.54) is 43.6 Å². The molecule has 0 spiro atoms. The molecule has 0 radical (unpaired) electrons. The van der Waals surface area contributed by atoms with Crippen LogP contribution in [0.5, 0.6) is 0 Å². The van der Waals surface area contributed by atoms with Gasteiger partial charge in [0.15, 0.2) is 0 Å². The summed E-state index contributed by atoms with van der Waals surface area (Å²) in [5.74, 6) is 2.28. The van der Waals surface area contributed by atoms with E-state index in [1.54, 1.807) is 6.26 Å². The molecule has 1 aliphatic heterocycles. The van der Waals surface area contributed by atoms with Gasteiger partial charge >= 0.3 is 0 Å². The van der Waals surface area contributed by atoms with Crippen LogP contribution >= 0.6 is 11.5 Å². The van der Waals surface area contributed by atoms with Crippen LogP contribution < -0.4 is 4.90 Å². The number of anilines is 1. The summed E-state index contributed by atoms with van der Waals surface area (Å²) >= 11 is 1.52. The van der Waals surface area contributed by atoms with E-state index in [1.807, 2.05) is 12.1 Å². The van der Waals surface area contributed by atoms with Gasteiger partial charge in [0.05, 0.1) is 6.26 Å². The molecule has 0 aromatic carbocycles. The Bertz CT molecular complexity index is 624. The third-order valence-electron chi connectivity index (χ3n) is 4.86. The Kier molecular flexibility index (Phi) is 4.35. The fourth-order valence-corrected chi connectivity index (χ4v) is 4.22. The fraction of sp³-hybridized carbons (Fsp3) is 0.647. The van der Waals surface area contributed by atoms with E-state index >= 15 is 0 Å². The van der Waals surface area contributed by atoms with Crippen molar-refractivity contribution in [1.29, 1.82) is 0 Å². The average Bonchev–Trinajstić information content (AvgIpc) is 3.12. The largest absolute Gasteiger partial charge is 0.467 e. The average molecular weight is 333 g/mol. The van der Waals surface area contributed by atoms with Crippen molar-refractivity contribution in [3.8, 4) is 0 Å². The minimum atomic E-state index is -0.550. The number of aromatic nitrogens is 2. The first kappa shape index (κ1) is 15.1. The first-order valence-corrected chi connectivity index (χ1v) is 9.40. The van der Waals surface area contributed by atoms with Gasteiger partial charge in [0, 0.05) is 36.5 Å². The van der Waals surface area contributed by atoms with Gasteiger partial charge in [0.2, 0.25) is 5.13 Å². The quantitative estimate of drug-likeness (QED) is 0.899. The van der Waals surface area contributed by atoms with Crippen molar-refractivity contribution >= 4 is 16.7 Å². The molecule has 2 fully saturated rings. The standard InChI is InChI=1S/C17H23N3O2S/c21-14(15-6-4-10-22-15)11-13-5-2-1-3-9-20(13)17-18-16(19-23-17)12-7-8-12/h4,6,10,12-14,21H,1-3,5,7-9,11H2. The number of nitrogens with zero attached hydrogens (tertiary/aromatic N) is 3. The summed E-state index contributed by atoms with van der Waals surface area (Å²) in [7, 11) is 0. The number of hydrogen-bond donors (Lipinski definition) is 1. The minimum Gasteiger partial charge on any atom is -0.467 e. The Morgan fingerprint density at radius 2 is 2.22 bits per heavy atom. The van der Waals surface area contributed by atoms with Gasteiger partial charge < -0.3 is 14.4 Å². The summed E-state index contributed by atoms with van der Waals surface area (Å²) in [6.45, 7) is 1.01. The molecule has 1 saturated heterocycles. The van der Waals surface area contributed by atoms with Gasteiger partial charge in [-0.2, -0.15) is 4.37 Å². The van der Waals surface area contributed by atoms with Crippen molar-refractivity contribution in [2.75, 3.05) is 11.4 Å². The van der Waals surface area contributed by atoms with Crippen LogP contribution in [0.4, 0.5) is 5.13 Å². The Morgan fingerprint density at radius 1 is 1.30 bits per heavy atom. The molecular formula is C17H23N3O2S. The molecule has 2 atom stereocenters. The first-order valence-electron chi connectivity index (χ1n) is 8.63. The van der Waals surface area contributed by atoms with Gasteiger partial charge in [0.25, 0.3) is 0 Å². The van der Waals surface area contributed by atoms with E-state index in [0.717, 1.165) is 23.9 Å². The van der Waals surface area contributed by atoms with Crippen molar-refractivity contribution in [2.45, 2.75) is 63.0 Å². The lowest BCUT2D eigenvalue weighted by Gasteiger charge is -2.30. The van der Waals surface area contributed by atoms with E-state index in [4.69, 9.17) is 9.40 Å². The Hall–Kier alpha value is -1.40. The van der Waals surface area contributed by atoms with Crippen LogP contribution in [-0.4, -0.2) is 27.1 Å². The zero-order valence-electron chi connectivity index (χ0n) is 13.2. The maximum absolute atomic E-state index is 10.5. The number of rotatable bonds is 5. The first-order chi connectivity index (χ1) is 11.3. The van der Waals surface area contributed by atoms with Gasteiger partial charge in [-0.3, -0.25) is 0 Å². The van der Waals surface area contributed by atoms with Gasteiger partial charge in [-0.1, -0.05) is 12.8 Å². The molecule has 2 aliphatic rings. The van der Waals surface area contributed by atoms with E-state index in [0.29, 0.717) is 24.1 Å². The third kappa shape index (κ3) is 3.43. The molecule has 3 heterocycles. The van der Waals surface area contributed by atoms with E-state index in [-0.39, 0.29) is 0 Å². The van der Waals surface area contributed by atoms with Crippen LogP contribution in [0.15, 0.2) is 22.8 Å². The predicted molar refractivity (Wildman–Crippen MR) is 89.8 cm³/mol. The fourth-order valence-electron chi connectivity index (χ4n) is 3.38. The van der Waals surface area contributed by atoms with Gasteiger partial charge in [-0.05, 0) is 37.8 Å². The zero-order valence-corrected chi connectivity index (χ0v) is 14.0. The minimum absolute atomic E-state index is 0.303. The van der Waals surface area contributed by atoms with Gasteiger partial charge in [-0.25, -0.2) is 4.98 Å². The topological polar surface area (TPSA) is 62.4 Å². The zero-order chi connectivity index (χ0) is 15.6. The van der Waals surface area contributed by atoms with Crippen LogP contribution in [0.1, 0.15) is 68.6 Å². The lowest BCUT2D eigenvalue weighted by atomic mass is 10.0. The smallest absolute Gasteiger partial charge is 0.205 e. The van der Waals surface area contributed by atoms with Crippen molar-refractivity contribution in [3.63, 3.8) is 0 Å². The highest BCUT2D eigenvalue weighted by Crippen LogP contribution is 2.40. The monoisotopic (exact) mass is 333 g/mol. The molecular weight excluding hydrogens is 310 g/mol. The van der Waals surface area contributed by atoms with Crippen molar-refractivity contribution in [2.24, 2.45) is 0 Å².